The number of hydrogen-bond acceptors (Lipinski definition) is 5. The van der Waals surface area contributed by atoms with Crippen molar-refractivity contribution in [2.24, 2.45) is 0 Å². The van der Waals surface area contributed by atoms with Gasteiger partial charge in [-0.1, -0.05) is 0 Å². The molecule has 0 N–H and O–H groups in total. The zero-order valence-corrected chi connectivity index (χ0v) is 9.58. The van der Waals surface area contributed by atoms with E-state index in [1.54, 1.807) is 0 Å². The molecule has 0 aliphatic carbocycles. The van der Waals surface area contributed by atoms with Crippen LogP contribution in [-0.2, 0) is 5.88 Å². The molecule has 0 fully saturated rings. The van der Waals surface area contributed by atoms with Crippen LogP contribution in [0.1, 0.15) is 5.56 Å². The van der Waals surface area contributed by atoms with Gasteiger partial charge in [0.2, 0.25) is 5.75 Å². The molecular weight excluding hydrogens is 281 g/mol. The number of ether oxygens (including phenoxy) is 2. The Kier molecular flexibility index (Phi) is 4.17. The largest absolute Gasteiger partial charge is 0.573 e. The van der Waals surface area contributed by atoms with Gasteiger partial charge in [0.1, 0.15) is 5.56 Å². The quantitative estimate of drug-likeness (QED) is 0.483. The van der Waals surface area contributed by atoms with E-state index in [0.717, 1.165) is 7.11 Å². The molecule has 1 rings (SSSR count). The van der Waals surface area contributed by atoms with Gasteiger partial charge in [-0.05, 0) is 9.91 Å². The molecule has 1 aromatic heterocycles. The average Bonchev–Trinajstić information content (AvgIpc) is 2.25. The molecule has 0 bridgehead atoms. The number of halogens is 4. The Morgan fingerprint density at radius 2 is 2.17 bits per heavy atom. The summed E-state index contributed by atoms with van der Waals surface area (Å²) < 4.78 is 44.5. The van der Waals surface area contributed by atoms with Gasteiger partial charge in [0.05, 0.1) is 13.0 Å². The van der Waals surface area contributed by atoms with Gasteiger partial charge in [-0.3, -0.25) is 0 Å². The highest BCUT2D eigenvalue weighted by atomic mass is 35.5. The van der Waals surface area contributed by atoms with Crippen LogP contribution in [0, 0.1) is 10.1 Å². The second kappa shape index (κ2) is 5.25. The molecule has 1 heterocycles. The molecule has 10 heteroatoms. The predicted octanol–water partition coefficient (Wildman–Crippen LogP) is 2.64. The molecule has 1 aromatic rings. The van der Waals surface area contributed by atoms with E-state index in [0.29, 0.717) is 6.20 Å². The van der Waals surface area contributed by atoms with Crippen LogP contribution in [0.4, 0.5) is 19.0 Å². The molecule has 0 unspecified atom stereocenters. The van der Waals surface area contributed by atoms with E-state index in [2.05, 4.69) is 14.5 Å². The molecule has 0 aliphatic heterocycles. The summed E-state index contributed by atoms with van der Waals surface area (Å²) in [7, 11) is 1.04. The van der Waals surface area contributed by atoms with Crippen LogP contribution in [0.3, 0.4) is 0 Å². The Hall–Kier alpha value is -1.77. The summed E-state index contributed by atoms with van der Waals surface area (Å²) in [6, 6.07) is 0. The maximum Gasteiger partial charge on any atom is 0.573 e. The molecule has 0 saturated heterocycles. The van der Waals surface area contributed by atoms with Crippen molar-refractivity contribution in [2.75, 3.05) is 7.11 Å². The molecular formula is C8H6ClF3N2O4. The highest BCUT2D eigenvalue weighted by Gasteiger charge is 2.35. The molecule has 0 amide bonds. The fourth-order valence-electron chi connectivity index (χ4n) is 1.21. The second-order valence-corrected chi connectivity index (χ2v) is 3.16. The highest BCUT2D eigenvalue weighted by molar-refractivity contribution is 6.17. The highest BCUT2D eigenvalue weighted by Crippen LogP contribution is 2.38. The van der Waals surface area contributed by atoms with Crippen molar-refractivity contribution in [3.05, 3.63) is 21.9 Å². The minimum absolute atomic E-state index is 0.286. The van der Waals surface area contributed by atoms with Gasteiger partial charge in [-0.2, -0.15) is 0 Å². The third-order valence-corrected chi connectivity index (χ3v) is 2.08. The van der Waals surface area contributed by atoms with E-state index in [-0.39, 0.29) is 5.56 Å². The van der Waals surface area contributed by atoms with Crippen LogP contribution < -0.4 is 9.47 Å². The topological polar surface area (TPSA) is 74.5 Å². The van der Waals surface area contributed by atoms with E-state index in [1.165, 1.54) is 0 Å². The maximum atomic E-state index is 12.1. The number of methoxy groups -OCH3 is 1. The van der Waals surface area contributed by atoms with Crippen molar-refractivity contribution < 1.29 is 27.6 Å². The minimum Gasteiger partial charge on any atom is -0.492 e. The van der Waals surface area contributed by atoms with E-state index >= 15 is 0 Å². The van der Waals surface area contributed by atoms with Crippen molar-refractivity contribution in [1.29, 1.82) is 0 Å². The molecule has 0 aromatic carbocycles. The van der Waals surface area contributed by atoms with Crippen LogP contribution >= 0.6 is 11.6 Å². The lowest BCUT2D eigenvalue weighted by molar-refractivity contribution is -0.390. The van der Waals surface area contributed by atoms with E-state index in [4.69, 9.17) is 11.6 Å². The fourth-order valence-corrected chi connectivity index (χ4v) is 1.45. The van der Waals surface area contributed by atoms with E-state index in [1.807, 2.05) is 0 Å². The van der Waals surface area contributed by atoms with Crippen LogP contribution in [0.2, 0.25) is 0 Å². The normalized spacial score (nSPS) is 11.2. The van der Waals surface area contributed by atoms with Gasteiger partial charge >= 0.3 is 12.2 Å². The summed E-state index contributed by atoms with van der Waals surface area (Å²) in [6.45, 7) is 0. The number of nitrogens with zero attached hydrogens (tertiary/aromatic N) is 2. The number of pyridine rings is 1. The molecule has 18 heavy (non-hydrogen) atoms. The van der Waals surface area contributed by atoms with Crippen molar-refractivity contribution in [2.45, 2.75) is 12.2 Å². The smallest absolute Gasteiger partial charge is 0.492 e. The third-order valence-electron chi connectivity index (χ3n) is 1.81. The number of hydrogen-bond donors (Lipinski definition) is 0. The van der Waals surface area contributed by atoms with Gasteiger partial charge in [0.15, 0.2) is 11.9 Å². The molecule has 0 atom stereocenters. The SMILES string of the molecule is COc1c(OC(F)(F)F)cnc([N+](=O)[O-])c1CCl. The lowest BCUT2D eigenvalue weighted by atomic mass is 10.2. The van der Waals surface area contributed by atoms with Crippen LogP contribution in [0.5, 0.6) is 11.5 Å². The molecule has 0 spiro atoms. The number of aromatic nitrogens is 1. The number of nitro groups is 1. The first-order chi connectivity index (χ1) is 8.30. The summed E-state index contributed by atoms with van der Waals surface area (Å²) >= 11 is 5.44. The Morgan fingerprint density at radius 1 is 1.56 bits per heavy atom. The summed E-state index contributed by atoms with van der Waals surface area (Å²) in [6.07, 6.45) is -4.41. The molecule has 100 valence electrons. The zero-order valence-electron chi connectivity index (χ0n) is 8.82. The minimum atomic E-state index is -4.96. The Morgan fingerprint density at radius 3 is 2.56 bits per heavy atom. The molecule has 0 aliphatic rings. The summed E-state index contributed by atoms with van der Waals surface area (Å²) in [5, 5.41) is 10.6. The predicted molar refractivity (Wildman–Crippen MR) is 53.7 cm³/mol. The summed E-state index contributed by atoms with van der Waals surface area (Å²) in [4.78, 5) is 13.0. The lowest BCUT2D eigenvalue weighted by Crippen LogP contribution is -2.18. The monoisotopic (exact) mass is 286 g/mol. The third kappa shape index (κ3) is 3.13. The average molecular weight is 287 g/mol. The van der Waals surface area contributed by atoms with Gasteiger partial charge in [-0.25, -0.2) is 0 Å². The van der Waals surface area contributed by atoms with E-state index < -0.39 is 34.5 Å². The van der Waals surface area contributed by atoms with Crippen LogP contribution in [0.25, 0.3) is 0 Å². The van der Waals surface area contributed by atoms with Crippen molar-refractivity contribution in [1.82, 2.24) is 4.98 Å². The molecule has 0 saturated carbocycles. The first-order valence-electron chi connectivity index (χ1n) is 4.32. The van der Waals surface area contributed by atoms with Gasteiger partial charge in [-0.15, -0.1) is 24.8 Å². The standard InChI is InChI=1S/C8H6ClF3N2O4/c1-17-6-4(2-9)7(14(15)16)13-3-5(6)18-8(10,11)12/h3H,2H2,1H3. The zero-order chi connectivity index (χ0) is 13.9. The first kappa shape index (κ1) is 14.3. The first-order valence-corrected chi connectivity index (χ1v) is 4.85. The molecule has 0 radical (unpaired) electrons. The number of rotatable bonds is 4. The Bertz CT molecular complexity index is 466. The van der Waals surface area contributed by atoms with Crippen LogP contribution in [-0.4, -0.2) is 23.4 Å². The maximum absolute atomic E-state index is 12.1. The fraction of sp³-hybridized carbons (Fsp3) is 0.375. The summed E-state index contributed by atoms with van der Waals surface area (Å²) in [5.41, 5.74) is -0.286. The number of alkyl halides is 4. The van der Waals surface area contributed by atoms with Gasteiger partial charge < -0.3 is 19.6 Å². The van der Waals surface area contributed by atoms with E-state index in [9.17, 15) is 23.3 Å². The Balaban J connectivity index is 3.34. The van der Waals surface area contributed by atoms with Crippen molar-refractivity contribution in [3.63, 3.8) is 0 Å². The van der Waals surface area contributed by atoms with Crippen molar-refractivity contribution >= 4 is 17.4 Å². The lowest BCUT2D eigenvalue weighted by Gasteiger charge is -2.13. The van der Waals surface area contributed by atoms with Gasteiger partial charge in [0.25, 0.3) is 0 Å². The van der Waals surface area contributed by atoms with Gasteiger partial charge in [0, 0.05) is 0 Å². The Labute approximate surface area is 103 Å². The summed E-state index contributed by atoms with van der Waals surface area (Å²) in [5.74, 6) is -2.38. The molecule has 6 nitrogen and oxygen atoms in total. The van der Waals surface area contributed by atoms with Crippen LogP contribution in [0.15, 0.2) is 6.20 Å². The van der Waals surface area contributed by atoms with Crippen molar-refractivity contribution in [3.8, 4) is 11.5 Å². The second-order valence-electron chi connectivity index (χ2n) is 2.90.